The molecule has 1 amide bonds. The quantitative estimate of drug-likeness (QED) is 0.749. The van der Waals surface area contributed by atoms with Crippen LogP contribution in [0.3, 0.4) is 0 Å². The lowest BCUT2D eigenvalue weighted by Crippen LogP contribution is -2.36. The number of nitrogens with zero attached hydrogens (tertiary/aromatic N) is 2. The minimum Gasteiger partial charge on any atom is -0.465 e. The summed E-state index contributed by atoms with van der Waals surface area (Å²) < 4.78 is 4.83. The minimum atomic E-state index is -0.384. The summed E-state index contributed by atoms with van der Waals surface area (Å²) in [5.74, 6) is -0.551. The van der Waals surface area contributed by atoms with Crippen molar-refractivity contribution in [1.29, 1.82) is 0 Å². The van der Waals surface area contributed by atoms with E-state index in [1.165, 1.54) is 16.2 Å². The molecule has 5 nitrogen and oxygen atoms in total. The first kappa shape index (κ1) is 13.6. The van der Waals surface area contributed by atoms with Gasteiger partial charge in [-0.15, -0.1) is 11.3 Å². The van der Waals surface area contributed by atoms with Crippen molar-refractivity contribution in [1.82, 2.24) is 9.88 Å². The number of thiazole rings is 1. The van der Waals surface area contributed by atoms with E-state index in [4.69, 9.17) is 4.74 Å². The van der Waals surface area contributed by atoms with Crippen LogP contribution in [0.15, 0.2) is 5.51 Å². The van der Waals surface area contributed by atoms with Crippen LogP contribution in [0.4, 0.5) is 0 Å². The Hall–Kier alpha value is -1.43. The summed E-state index contributed by atoms with van der Waals surface area (Å²) in [6.07, 6.45) is 0. The SMILES string of the molecule is CCOC(=O)CN(CC)C(=O)c1scnc1C. The van der Waals surface area contributed by atoms with E-state index in [-0.39, 0.29) is 18.4 Å². The highest BCUT2D eigenvalue weighted by Crippen LogP contribution is 2.14. The number of carbonyl (C=O) groups is 2. The van der Waals surface area contributed by atoms with E-state index >= 15 is 0 Å². The van der Waals surface area contributed by atoms with Gasteiger partial charge in [0.25, 0.3) is 5.91 Å². The molecule has 1 heterocycles. The zero-order valence-corrected chi connectivity index (χ0v) is 11.0. The summed E-state index contributed by atoms with van der Waals surface area (Å²) in [5.41, 5.74) is 2.32. The lowest BCUT2D eigenvalue weighted by atomic mass is 10.3. The van der Waals surface area contributed by atoms with E-state index in [0.29, 0.717) is 23.7 Å². The molecule has 0 N–H and O–H groups in total. The molecule has 1 rings (SSSR count). The summed E-state index contributed by atoms with van der Waals surface area (Å²) >= 11 is 1.29. The number of amides is 1. The van der Waals surface area contributed by atoms with Crippen molar-refractivity contribution in [2.24, 2.45) is 0 Å². The third-order valence-corrected chi connectivity index (χ3v) is 3.15. The predicted octanol–water partition coefficient (Wildman–Crippen LogP) is 1.48. The van der Waals surface area contributed by atoms with Gasteiger partial charge in [0.2, 0.25) is 0 Å². The molecular formula is C11H16N2O3S. The second-order valence-electron chi connectivity index (χ2n) is 3.39. The highest BCUT2D eigenvalue weighted by atomic mass is 32.1. The van der Waals surface area contributed by atoms with Crippen molar-refractivity contribution in [2.45, 2.75) is 20.8 Å². The first-order valence-corrected chi connectivity index (χ1v) is 6.33. The van der Waals surface area contributed by atoms with Crippen LogP contribution < -0.4 is 0 Å². The number of esters is 1. The number of hydrogen-bond acceptors (Lipinski definition) is 5. The summed E-state index contributed by atoms with van der Waals surface area (Å²) in [7, 11) is 0. The molecule has 94 valence electrons. The lowest BCUT2D eigenvalue weighted by Gasteiger charge is -2.19. The number of carbonyl (C=O) groups excluding carboxylic acids is 2. The molecule has 6 heteroatoms. The molecule has 1 aromatic heterocycles. The Balaban J connectivity index is 2.71. The molecule has 17 heavy (non-hydrogen) atoms. The van der Waals surface area contributed by atoms with Gasteiger partial charge in [-0.25, -0.2) is 4.98 Å². The van der Waals surface area contributed by atoms with Crippen molar-refractivity contribution >= 4 is 23.2 Å². The average molecular weight is 256 g/mol. The molecule has 0 bridgehead atoms. The van der Waals surface area contributed by atoms with Crippen molar-refractivity contribution in [3.63, 3.8) is 0 Å². The number of aryl methyl sites for hydroxylation is 1. The van der Waals surface area contributed by atoms with Crippen LogP contribution in [0.5, 0.6) is 0 Å². The van der Waals surface area contributed by atoms with Gasteiger partial charge in [-0.3, -0.25) is 9.59 Å². The van der Waals surface area contributed by atoms with Gasteiger partial charge in [-0.05, 0) is 20.8 Å². The van der Waals surface area contributed by atoms with Crippen molar-refractivity contribution in [2.75, 3.05) is 19.7 Å². The van der Waals surface area contributed by atoms with Crippen LogP contribution in [0.1, 0.15) is 29.2 Å². The molecular weight excluding hydrogens is 240 g/mol. The molecule has 0 aliphatic carbocycles. The van der Waals surface area contributed by atoms with Gasteiger partial charge in [0.05, 0.1) is 17.8 Å². The summed E-state index contributed by atoms with van der Waals surface area (Å²) in [5, 5.41) is 0. The number of hydrogen-bond donors (Lipinski definition) is 0. The summed E-state index contributed by atoms with van der Waals surface area (Å²) in [4.78, 5) is 29.5. The van der Waals surface area contributed by atoms with E-state index in [1.54, 1.807) is 19.4 Å². The molecule has 0 aliphatic rings. The average Bonchev–Trinajstić information content (AvgIpc) is 2.72. The van der Waals surface area contributed by atoms with Gasteiger partial charge in [-0.2, -0.15) is 0 Å². The predicted molar refractivity (Wildman–Crippen MR) is 65.1 cm³/mol. The Labute approximate surface area is 104 Å². The van der Waals surface area contributed by atoms with E-state index in [2.05, 4.69) is 4.98 Å². The van der Waals surface area contributed by atoms with Gasteiger partial charge < -0.3 is 9.64 Å². The highest BCUT2D eigenvalue weighted by molar-refractivity contribution is 7.11. The van der Waals surface area contributed by atoms with Crippen LogP contribution in [0, 0.1) is 6.92 Å². The maximum Gasteiger partial charge on any atom is 0.325 e. The smallest absolute Gasteiger partial charge is 0.325 e. The number of ether oxygens (including phenoxy) is 1. The summed E-state index contributed by atoms with van der Waals surface area (Å²) in [6.45, 7) is 6.12. The zero-order valence-electron chi connectivity index (χ0n) is 10.2. The monoisotopic (exact) mass is 256 g/mol. The molecule has 0 radical (unpaired) electrons. The number of rotatable bonds is 5. The van der Waals surface area contributed by atoms with Crippen molar-refractivity contribution < 1.29 is 14.3 Å². The van der Waals surface area contributed by atoms with Crippen LogP contribution >= 0.6 is 11.3 Å². The van der Waals surface area contributed by atoms with E-state index in [9.17, 15) is 9.59 Å². The largest absolute Gasteiger partial charge is 0.465 e. The fourth-order valence-electron chi connectivity index (χ4n) is 1.34. The Kier molecular flexibility index (Phi) is 5.09. The van der Waals surface area contributed by atoms with E-state index < -0.39 is 0 Å². The standard InChI is InChI=1S/C11H16N2O3S/c1-4-13(6-9(14)16-5-2)11(15)10-8(3)12-7-17-10/h7H,4-6H2,1-3H3. The van der Waals surface area contributed by atoms with Crippen LogP contribution in [0.2, 0.25) is 0 Å². The summed E-state index contributed by atoms with van der Waals surface area (Å²) in [6, 6.07) is 0. The van der Waals surface area contributed by atoms with Gasteiger partial charge in [0.15, 0.2) is 0 Å². The first-order valence-electron chi connectivity index (χ1n) is 5.45. The van der Waals surface area contributed by atoms with Crippen molar-refractivity contribution in [3.05, 3.63) is 16.1 Å². The topological polar surface area (TPSA) is 59.5 Å². The molecule has 1 aromatic rings. The van der Waals surface area contributed by atoms with E-state index in [1.807, 2.05) is 6.92 Å². The fraction of sp³-hybridized carbons (Fsp3) is 0.545. The Morgan fingerprint density at radius 1 is 1.47 bits per heavy atom. The normalized spacial score (nSPS) is 10.1. The third kappa shape index (κ3) is 3.52. The number of aromatic nitrogens is 1. The van der Waals surface area contributed by atoms with Crippen LogP contribution in [-0.2, 0) is 9.53 Å². The molecule has 0 aromatic carbocycles. The van der Waals surface area contributed by atoms with Gasteiger partial charge in [-0.1, -0.05) is 0 Å². The molecule has 0 saturated carbocycles. The van der Waals surface area contributed by atoms with Gasteiger partial charge in [0.1, 0.15) is 11.4 Å². The highest BCUT2D eigenvalue weighted by Gasteiger charge is 2.20. The third-order valence-electron chi connectivity index (χ3n) is 2.23. The van der Waals surface area contributed by atoms with Gasteiger partial charge >= 0.3 is 5.97 Å². The maximum absolute atomic E-state index is 12.1. The molecule has 0 atom stereocenters. The molecule has 0 unspecified atom stereocenters. The second-order valence-corrected chi connectivity index (χ2v) is 4.25. The molecule has 0 spiro atoms. The van der Waals surface area contributed by atoms with Crippen LogP contribution in [-0.4, -0.2) is 41.5 Å². The Morgan fingerprint density at radius 2 is 2.18 bits per heavy atom. The van der Waals surface area contributed by atoms with E-state index in [0.717, 1.165) is 0 Å². The van der Waals surface area contributed by atoms with Crippen molar-refractivity contribution in [3.8, 4) is 0 Å². The first-order chi connectivity index (χ1) is 8.10. The number of likely N-dealkylation sites (N-methyl/N-ethyl adjacent to an activating group) is 1. The Morgan fingerprint density at radius 3 is 2.65 bits per heavy atom. The zero-order chi connectivity index (χ0) is 12.8. The Bertz CT molecular complexity index is 403. The van der Waals surface area contributed by atoms with Gasteiger partial charge in [0, 0.05) is 6.54 Å². The minimum absolute atomic E-state index is 0.0134. The molecule has 0 aliphatic heterocycles. The van der Waals surface area contributed by atoms with Crippen LogP contribution in [0.25, 0.3) is 0 Å². The second kappa shape index (κ2) is 6.34. The fourth-order valence-corrected chi connectivity index (χ4v) is 2.11. The lowest BCUT2D eigenvalue weighted by molar-refractivity contribution is -0.143. The maximum atomic E-state index is 12.1. The molecule has 0 fully saturated rings. The molecule has 0 saturated heterocycles.